The van der Waals surface area contributed by atoms with Crippen LogP contribution in [0.15, 0.2) is 48.2 Å². The summed E-state index contributed by atoms with van der Waals surface area (Å²) in [5.41, 5.74) is 6.10. The largest absolute Gasteiger partial charge is 0.129 e. The summed E-state index contributed by atoms with van der Waals surface area (Å²) in [6.45, 7) is 6.11. The monoisotopic (exact) mass is 184 g/mol. The number of benzene rings is 1. The maximum absolute atomic E-state index is 3.80. The van der Waals surface area contributed by atoms with E-state index < -0.39 is 0 Å². The predicted molar refractivity (Wildman–Crippen MR) is 60.3 cm³/mol. The van der Waals surface area contributed by atoms with Gasteiger partial charge in [-0.15, -0.1) is 5.73 Å². The molecule has 0 aliphatic heterocycles. The fourth-order valence-corrected chi connectivity index (χ4v) is 2.45. The van der Waals surface area contributed by atoms with Crippen LogP contribution in [0.1, 0.15) is 31.7 Å². The van der Waals surface area contributed by atoms with Gasteiger partial charge in [-0.2, -0.15) is 0 Å². The van der Waals surface area contributed by atoms with Gasteiger partial charge < -0.3 is 0 Å². The summed E-state index contributed by atoms with van der Waals surface area (Å²) >= 11 is 0. The topological polar surface area (TPSA) is 0 Å². The Kier molecular flexibility index (Phi) is 2.31. The van der Waals surface area contributed by atoms with E-state index in [4.69, 9.17) is 0 Å². The van der Waals surface area contributed by atoms with Crippen LogP contribution in [0.3, 0.4) is 0 Å². The molecule has 0 heterocycles. The molecular formula is C14H16. The molecule has 1 aromatic carbocycles. The van der Waals surface area contributed by atoms with Crippen LogP contribution >= 0.6 is 0 Å². The zero-order valence-corrected chi connectivity index (χ0v) is 8.72. The summed E-state index contributed by atoms with van der Waals surface area (Å²) < 4.78 is 0. The van der Waals surface area contributed by atoms with Gasteiger partial charge in [0.1, 0.15) is 0 Å². The van der Waals surface area contributed by atoms with E-state index in [9.17, 15) is 0 Å². The normalized spacial score (nSPS) is 26.2. The summed E-state index contributed by atoms with van der Waals surface area (Å²) in [4.78, 5) is 0. The molecule has 1 saturated carbocycles. The maximum Gasteiger partial charge on any atom is 0.0209 e. The third-order valence-corrected chi connectivity index (χ3v) is 3.39. The number of hydrogen-bond donors (Lipinski definition) is 0. The third kappa shape index (κ3) is 1.32. The highest BCUT2D eigenvalue weighted by atomic mass is 14.4. The maximum atomic E-state index is 3.80. The summed E-state index contributed by atoms with van der Waals surface area (Å²) in [6, 6.07) is 10.7. The number of rotatable bonds is 1. The van der Waals surface area contributed by atoms with Gasteiger partial charge in [-0.05, 0) is 30.4 Å². The minimum absolute atomic E-state index is 0.197. The summed E-state index contributed by atoms with van der Waals surface area (Å²) in [7, 11) is 0. The van der Waals surface area contributed by atoms with Crippen LogP contribution in [-0.4, -0.2) is 0 Å². The van der Waals surface area contributed by atoms with Crippen molar-refractivity contribution in [1.29, 1.82) is 0 Å². The van der Waals surface area contributed by atoms with Crippen molar-refractivity contribution in [2.45, 2.75) is 31.6 Å². The van der Waals surface area contributed by atoms with Crippen LogP contribution in [-0.2, 0) is 5.41 Å². The first-order valence-electron chi connectivity index (χ1n) is 5.22. The van der Waals surface area contributed by atoms with E-state index in [0.717, 1.165) is 6.42 Å². The lowest BCUT2D eigenvalue weighted by Gasteiger charge is -2.25. The van der Waals surface area contributed by atoms with Crippen molar-refractivity contribution in [3.8, 4) is 0 Å². The van der Waals surface area contributed by atoms with Gasteiger partial charge >= 0.3 is 0 Å². The van der Waals surface area contributed by atoms with Crippen LogP contribution in [0.25, 0.3) is 0 Å². The van der Waals surface area contributed by atoms with Gasteiger partial charge in [-0.25, -0.2) is 0 Å². The molecule has 0 amide bonds. The van der Waals surface area contributed by atoms with E-state index in [2.05, 4.69) is 49.6 Å². The van der Waals surface area contributed by atoms with Gasteiger partial charge in [0.25, 0.3) is 0 Å². The highest BCUT2D eigenvalue weighted by molar-refractivity contribution is 5.37. The molecule has 0 aromatic heterocycles. The molecule has 0 bridgehead atoms. The quantitative estimate of drug-likeness (QED) is 0.582. The second kappa shape index (κ2) is 3.48. The van der Waals surface area contributed by atoms with Crippen molar-refractivity contribution in [2.75, 3.05) is 0 Å². The van der Waals surface area contributed by atoms with Crippen molar-refractivity contribution in [3.63, 3.8) is 0 Å². The van der Waals surface area contributed by atoms with E-state index in [-0.39, 0.29) is 5.41 Å². The first-order valence-corrected chi connectivity index (χ1v) is 5.22. The van der Waals surface area contributed by atoms with Crippen LogP contribution in [0, 0.1) is 0 Å². The molecular weight excluding hydrogens is 168 g/mol. The molecule has 0 spiro atoms. The van der Waals surface area contributed by atoms with Crippen molar-refractivity contribution < 1.29 is 0 Å². The molecule has 0 heteroatoms. The van der Waals surface area contributed by atoms with E-state index >= 15 is 0 Å². The average molecular weight is 184 g/mol. The fourth-order valence-electron chi connectivity index (χ4n) is 2.45. The molecule has 1 fully saturated rings. The first kappa shape index (κ1) is 9.30. The van der Waals surface area contributed by atoms with E-state index in [0.29, 0.717) is 0 Å². The second-order valence-corrected chi connectivity index (χ2v) is 4.21. The van der Waals surface area contributed by atoms with Crippen LogP contribution in [0.4, 0.5) is 0 Å². The number of allylic oxidation sites excluding steroid dienone is 1. The number of hydrogen-bond acceptors (Lipinski definition) is 0. The van der Waals surface area contributed by atoms with Crippen molar-refractivity contribution >= 4 is 0 Å². The fraction of sp³-hybridized carbons (Fsp3) is 0.357. The minimum Gasteiger partial charge on any atom is -0.129 e. The third-order valence-electron chi connectivity index (χ3n) is 3.39. The molecule has 1 aromatic rings. The van der Waals surface area contributed by atoms with Crippen molar-refractivity contribution in [1.82, 2.24) is 0 Å². The summed E-state index contributed by atoms with van der Waals surface area (Å²) in [5.74, 6) is 0. The Morgan fingerprint density at radius 2 is 2.00 bits per heavy atom. The highest BCUT2D eigenvalue weighted by Crippen LogP contribution is 2.44. The highest BCUT2D eigenvalue weighted by Gasteiger charge is 2.34. The van der Waals surface area contributed by atoms with Gasteiger partial charge in [0.05, 0.1) is 0 Å². The van der Waals surface area contributed by atoms with E-state index in [1.54, 1.807) is 0 Å². The Balaban J connectivity index is 2.47. The Morgan fingerprint density at radius 3 is 2.64 bits per heavy atom. The lowest BCUT2D eigenvalue weighted by atomic mass is 9.78. The Labute approximate surface area is 86.0 Å². The molecule has 14 heavy (non-hydrogen) atoms. The predicted octanol–water partition coefficient (Wildman–Crippen LogP) is 3.84. The zero-order valence-electron chi connectivity index (χ0n) is 8.72. The van der Waals surface area contributed by atoms with Gasteiger partial charge in [-0.3, -0.25) is 0 Å². The summed E-state index contributed by atoms with van der Waals surface area (Å²) in [5, 5.41) is 0. The first-order chi connectivity index (χ1) is 6.77. The standard InChI is InChI=1S/C14H16/c1-3-12-10-7-11-14(12,2)13-8-5-4-6-9-13/h4-6,8-9H,1,7,10-11H2,2H3. The van der Waals surface area contributed by atoms with Gasteiger partial charge in [0.15, 0.2) is 0 Å². The minimum atomic E-state index is 0.197. The molecule has 2 rings (SSSR count). The van der Waals surface area contributed by atoms with E-state index in [1.807, 2.05) is 0 Å². The Hall–Kier alpha value is -1.26. The van der Waals surface area contributed by atoms with Crippen LogP contribution in [0.5, 0.6) is 0 Å². The average Bonchev–Trinajstić information content (AvgIpc) is 2.62. The van der Waals surface area contributed by atoms with Crippen molar-refractivity contribution in [3.05, 3.63) is 53.8 Å². The lowest BCUT2D eigenvalue weighted by Crippen LogP contribution is -2.18. The lowest BCUT2D eigenvalue weighted by molar-refractivity contribution is 0.573. The SMILES string of the molecule is C=C=C1CCCC1(C)c1ccccc1. The molecule has 0 radical (unpaired) electrons. The summed E-state index contributed by atoms with van der Waals surface area (Å²) in [6.07, 6.45) is 3.66. The van der Waals surface area contributed by atoms with E-state index in [1.165, 1.54) is 24.0 Å². The Bertz CT molecular complexity index is 368. The Morgan fingerprint density at radius 1 is 1.29 bits per heavy atom. The molecule has 0 saturated heterocycles. The van der Waals surface area contributed by atoms with Crippen molar-refractivity contribution in [2.24, 2.45) is 0 Å². The molecule has 1 aliphatic carbocycles. The van der Waals surface area contributed by atoms with Gasteiger partial charge in [0, 0.05) is 5.41 Å². The van der Waals surface area contributed by atoms with Crippen LogP contribution < -0.4 is 0 Å². The second-order valence-electron chi connectivity index (χ2n) is 4.21. The zero-order chi connectivity index (χ0) is 10.0. The molecule has 1 unspecified atom stereocenters. The molecule has 72 valence electrons. The van der Waals surface area contributed by atoms with Gasteiger partial charge in [-0.1, -0.05) is 43.8 Å². The molecule has 1 aliphatic rings. The van der Waals surface area contributed by atoms with Crippen LogP contribution in [0.2, 0.25) is 0 Å². The molecule has 0 N–H and O–H groups in total. The molecule has 1 atom stereocenters. The molecule has 0 nitrogen and oxygen atoms in total. The smallest absolute Gasteiger partial charge is 0.0209 e. The van der Waals surface area contributed by atoms with Gasteiger partial charge in [0.2, 0.25) is 0 Å².